The van der Waals surface area contributed by atoms with Gasteiger partial charge in [0, 0.05) is 32.7 Å². The molecule has 0 bridgehead atoms. The maximum absolute atomic E-state index is 12.7. The van der Waals surface area contributed by atoms with Crippen molar-refractivity contribution < 1.29 is 19.0 Å². The molecule has 0 aromatic rings. The third-order valence-corrected chi connectivity index (χ3v) is 10.3. The van der Waals surface area contributed by atoms with Gasteiger partial charge in [0.25, 0.3) is 0 Å². The number of morpholine rings is 1. The average molecular weight is 743 g/mol. The van der Waals surface area contributed by atoms with E-state index in [-0.39, 0.29) is 6.10 Å². The molecule has 53 heavy (non-hydrogen) atoms. The van der Waals surface area contributed by atoms with Gasteiger partial charge in [0.15, 0.2) is 0 Å². The fourth-order valence-electron chi connectivity index (χ4n) is 6.69. The van der Waals surface area contributed by atoms with Gasteiger partial charge in [-0.3, -0.25) is 4.90 Å². The SMILES string of the molecule is CCCCC/C=C\C/C=C\CCCCCCCCC(CCCCCCCC/C=C\C/C=C\CCCCC)OC(=O)OCCN(C)CCN1CCOCC1. The number of ether oxygens (including phenoxy) is 3. The van der Waals surface area contributed by atoms with Crippen LogP contribution in [-0.4, -0.2) is 81.7 Å². The van der Waals surface area contributed by atoms with E-state index >= 15 is 0 Å². The first-order valence-corrected chi connectivity index (χ1v) is 22.6. The van der Waals surface area contributed by atoms with E-state index in [1.54, 1.807) is 0 Å². The van der Waals surface area contributed by atoms with Crippen molar-refractivity contribution in [1.29, 1.82) is 0 Å². The smallest absolute Gasteiger partial charge is 0.433 e. The molecule has 1 rings (SSSR count). The second-order valence-electron chi connectivity index (χ2n) is 15.3. The zero-order chi connectivity index (χ0) is 38.1. The molecule has 0 aliphatic carbocycles. The third kappa shape index (κ3) is 35.6. The summed E-state index contributed by atoms with van der Waals surface area (Å²) in [4.78, 5) is 17.3. The minimum atomic E-state index is -0.489. The molecule has 0 unspecified atom stereocenters. The lowest BCUT2D eigenvalue weighted by Crippen LogP contribution is -2.41. The first-order valence-electron chi connectivity index (χ1n) is 22.6. The minimum Gasteiger partial charge on any atom is -0.433 e. The van der Waals surface area contributed by atoms with Crippen LogP contribution in [0, 0.1) is 0 Å². The van der Waals surface area contributed by atoms with E-state index in [9.17, 15) is 4.79 Å². The van der Waals surface area contributed by atoms with Crippen LogP contribution in [0.2, 0.25) is 0 Å². The molecule has 0 radical (unpaired) electrons. The average Bonchev–Trinajstić information content (AvgIpc) is 3.17. The second-order valence-corrected chi connectivity index (χ2v) is 15.3. The molecule has 1 fully saturated rings. The zero-order valence-electron chi connectivity index (χ0n) is 35.3. The largest absolute Gasteiger partial charge is 0.508 e. The highest BCUT2D eigenvalue weighted by molar-refractivity contribution is 5.60. The molecule has 6 nitrogen and oxygen atoms in total. The Morgan fingerprint density at radius 2 is 1.04 bits per heavy atom. The van der Waals surface area contributed by atoms with Gasteiger partial charge in [-0.25, -0.2) is 4.79 Å². The summed E-state index contributed by atoms with van der Waals surface area (Å²) in [6, 6.07) is 0. The Hall–Kier alpha value is -1.89. The normalized spacial score (nSPS) is 14.4. The van der Waals surface area contributed by atoms with Crippen LogP contribution in [0.3, 0.4) is 0 Å². The molecule has 1 aliphatic heterocycles. The predicted octanol–water partition coefficient (Wildman–Crippen LogP) is 13.2. The monoisotopic (exact) mass is 743 g/mol. The summed E-state index contributed by atoms with van der Waals surface area (Å²) in [7, 11) is 2.09. The fraction of sp³-hybridized carbons (Fsp3) is 0.809. The third-order valence-electron chi connectivity index (χ3n) is 10.3. The number of likely N-dealkylation sites (N-methyl/N-ethyl adjacent to an activating group) is 1. The van der Waals surface area contributed by atoms with Gasteiger partial charge in [0.05, 0.1) is 13.2 Å². The van der Waals surface area contributed by atoms with Gasteiger partial charge in [-0.1, -0.05) is 140 Å². The van der Waals surface area contributed by atoms with Crippen molar-refractivity contribution in [2.45, 2.75) is 187 Å². The molecule has 0 aromatic carbocycles. The van der Waals surface area contributed by atoms with Crippen molar-refractivity contribution in [2.24, 2.45) is 0 Å². The highest BCUT2D eigenvalue weighted by Gasteiger charge is 2.16. The molecule has 1 saturated heterocycles. The summed E-state index contributed by atoms with van der Waals surface area (Å²) in [6.07, 6.45) is 49.9. The van der Waals surface area contributed by atoms with E-state index in [1.807, 2.05) is 0 Å². The molecule has 0 spiro atoms. The summed E-state index contributed by atoms with van der Waals surface area (Å²) in [6.45, 7) is 11.3. The number of hydrogen-bond donors (Lipinski definition) is 0. The highest BCUT2D eigenvalue weighted by Crippen LogP contribution is 2.18. The summed E-state index contributed by atoms with van der Waals surface area (Å²) in [5.74, 6) is 0. The molecule has 1 aliphatic rings. The van der Waals surface area contributed by atoms with Gasteiger partial charge in [-0.15, -0.1) is 0 Å². The van der Waals surface area contributed by atoms with Crippen molar-refractivity contribution in [3.63, 3.8) is 0 Å². The fourth-order valence-corrected chi connectivity index (χ4v) is 6.69. The van der Waals surface area contributed by atoms with Crippen LogP contribution in [0.25, 0.3) is 0 Å². The lowest BCUT2D eigenvalue weighted by molar-refractivity contribution is 0.0111. The lowest BCUT2D eigenvalue weighted by atomic mass is 10.0. The van der Waals surface area contributed by atoms with Crippen LogP contribution in [0.15, 0.2) is 48.6 Å². The van der Waals surface area contributed by atoms with Gasteiger partial charge >= 0.3 is 6.16 Å². The molecule has 0 aromatic heterocycles. The standard InChI is InChI=1S/C47H86N2O4/c1-4-6-8-10-12-14-16-18-20-22-24-26-28-30-32-34-36-46(53-47(50)52-45-40-48(3)38-39-49-41-43-51-44-42-49)37-35-33-31-29-27-25-23-21-19-17-15-13-11-9-7-5-2/h12-15,18-21,46H,4-11,16-17,22-45H2,1-3H3/b14-12-,15-13-,20-18-,21-19-. The zero-order valence-corrected chi connectivity index (χ0v) is 35.3. The molecule has 6 heteroatoms. The molecule has 0 saturated carbocycles. The maximum atomic E-state index is 12.7. The Labute approximate surface area is 329 Å². The first-order chi connectivity index (χ1) is 26.2. The Kier molecular flexibility index (Phi) is 36.9. The summed E-state index contributed by atoms with van der Waals surface area (Å²) >= 11 is 0. The summed E-state index contributed by atoms with van der Waals surface area (Å²) in [5.41, 5.74) is 0. The molecule has 0 atom stereocenters. The number of nitrogens with zero attached hydrogens (tertiary/aromatic N) is 2. The van der Waals surface area contributed by atoms with Crippen molar-refractivity contribution in [1.82, 2.24) is 9.80 Å². The van der Waals surface area contributed by atoms with E-state index in [4.69, 9.17) is 14.2 Å². The van der Waals surface area contributed by atoms with Crippen LogP contribution in [0.1, 0.15) is 181 Å². The summed E-state index contributed by atoms with van der Waals surface area (Å²) in [5, 5.41) is 0. The van der Waals surface area contributed by atoms with E-state index in [2.05, 4.69) is 79.3 Å². The topological polar surface area (TPSA) is 51.2 Å². The van der Waals surface area contributed by atoms with E-state index in [1.165, 1.54) is 128 Å². The van der Waals surface area contributed by atoms with Gasteiger partial charge in [0.2, 0.25) is 0 Å². The molecular formula is C47H86N2O4. The Morgan fingerprint density at radius 1 is 0.604 bits per heavy atom. The summed E-state index contributed by atoms with van der Waals surface area (Å²) < 4.78 is 16.9. The van der Waals surface area contributed by atoms with Crippen LogP contribution in [0.4, 0.5) is 4.79 Å². The van der Waals surface area contributed by atoms with E-state index in [0.29, 0.717) is 6.61 Å². The van der Waals surface area contributed by atoms with Gasteiger partial charge in [-0.2, -0.15) is 0 Å². The lowest BCUT2D eigenvalue weighted by Gasteiger charge is -2.28. The van der Waals surface area contributed by atoms with Gasteiger partial charge in [-0.05, 0) is 96.9 Å². The number of hydrogen-bond acceptors (Lipinski definition) is 6. The molecule has 308 valence electrons. The number of unbranched alkanes of at least 4 members (excludes halogenated alkanes) is 18. The van der Waals surface area contributed by atoms with Crippen LogP contribution < -0.4 is 0 Å². The Balaban J connectivity index is 2.24. The molecule has 0 amide bonds. The van der Waals surface area contributed by atoms with E-state index < -0.39 is 6.16 Å². The second kappa shape index (κ2) is 39.8. The van der Waals surface area contributed by atoms with Crippen LogP contribution in [-0.2, 0) is 14.2 Å². The van der Waals surface area contributed by atoms with Gasteiger partial charge in [0.1, 0.15) is 12.7 Å². The molecular weight excluding hydrogens is 657 g/mol. The van der Waals surface area contributed by atoms with Gasteiger partial charge < -0.3 is 19.1 Å². The quantitative estimate of drug-likeness (QED) is 0.0359. The predicted molar refractivity (Wildman–Crippen MR) is 229 cm³/mol. The molecule has 0 N–H and O–H groups in total. The van der Waals surface area contributed by atoms with Crippen LogP contribution >= 0.6 is 0 Å². The number of carbonyl (C=O) groups is 1. The van der Waals surface area contributed by atoms with Crippen molar-refractivity contribution >= 4 is 6.16 Å². The number of carbonyl (C=O) groups excluding carboxylic acids is 1. The van der Waals surface area contributed by atoms with E-state index in [0.717, 1.165) is 84.5 Å². The first kappa shape index (κ1) is 49.1. The van der Waals surface area contributed by atoms with Crippen molar-refractivity contribution in [3.8, 4) is 0 Å². The number of allylic oxidation sites excluding steroid dienone is 8. The van der Waals surface area contributed by atoms with Crippen molar-refractivity contribution in [3.05, 3.63) is 48.6 Å². The highest BCUT2D eigenvalue weighted by atomic mass is 16.7. The molecule has 1 heterocycles. The minimum absolute atomic E-state index is 0.0294. The maximum Gasteiger partial charge on any atom is 0.508 e. The Bertz CT molecular complexity index is 847. The van der Waals surface area contributed by atoms with Crippen molar-refractivity contribution in [2.75, 3.05) is 59.6 Å². The van der Waals surface area contributed by atoms with Crippen LogP contribution in [0.5, 0.6) is 0 Å². The number of rotatable bonds is 37. The Morgan fingerprint density at radius 3 is 1.51 bits per heavy atom.